The fourth-order valence-electron chi connectivity index (χ4n) is 3.73. The molecular formula is C20H19F3N6O4. The van der Waals surface area contributed by atoms with Crippen LogP contribution in [0.2, 0.25) is 0 Å². The molecule has 0 unspecified atom stereocenters. The zero-order chi connectivity index (χ0) is 23.8. The van der Waals surface area contributed by atoms with Crippen molar-refractivity contribution >= 4 is 35.1 Å². The summed E-state index contributed by atoms with van der Waals surface area (Å²) in [6.07, 6.45) is -3.41. The van der Waals surface area contributed by atoms with Crippen LogP contribution >= 0.6 is 0 Å². The lowest BCUT2D eigenvalue weighted by atomic mass is 10.2. The van der Waals surface area contributed by atoms with Gasteiger partial charge in [0.05, 0.1) is 11.7 Å². The van der Waals surface area contributed by atoms with E-state index in [1.807, 2.05) is 4.90 Å². The molecule has 0 aromatic carbocycles. The summed E-state index contributed by atoms with van der Waals surface area (Å²) in [4.78, 5) is 47.9. The second-order valence-electron chi connectivity index (χ2n) is 7.53. The number of hydrogen-bond donors (Lipinski definition) is 2. The fraction of sp³-hybridized carbons (Fsp3) is 0.350. The van der Waals surface area contributed by atoms with Crippen LogP contribution in [0.4, 0.5) is 35.2 Å². The highest BCUT2D eigenvalue weighted by Gasteiger charge is 2.41. The van der Waals surface area contributed by atoms with Crippen molar-refractivity contribution in [2.45, 2.75) is 25.6 Å². The lowest BCUT2D eigenvalue weighted by Gasteiger charge is -2.35. The number of nitrogens with zero attached hydrogens (tertiary/aromatic N) is 4. The summed E-state index contributed by atoms with van der Waals surface area (Å²) in [5, 5.41) is 4.33. The lowest BCUT2D eigenvalue weighted by Crippen LogP contribution is -2.48. The van der Waals surface area contributed by atoms with E-state index in [4.69, 9.17) is 4.74 Å². The van der Waals surface area contributed by atoms with Gasteiger partial charge in [0.2, 0.25) is 11.8 Å². The highest BCUT2D eigenvalue weighted by atomic mass is 19.4. The summed E-state index contributed by atoms with van der Waals surface area (Å²) in [5.41, 5.74) is 0.685. The van der Waals surface area contributed by atoms with Crippen molar-refractivity contribution in [2.24, 2.45) is 0 Å². The molecule has 0 spiro atoms. The number of anilines is 3. The second-order valence-corrected chi connectivity index (χ2v) is 7.53. The van der Waals surface area contributed by atoms with E-state index in [9.17, 15) is 27.6 Å². The number of amides is 3. The first kappa shape index (κ1) is 22.3. The van der Waals surface area contributed by atoms with Gasteiger partial charge in [0, 0.05) is 38.0 Å². The van der Waals surface area contributed by atoms with Crippen molar-refractivity contribution in [3.8, 4) is 5.88 Å². The first-order valence-electron chi connectivity index (χ1n) is 9.96. The minimum Gasteiger partial charge on any atom is -0.391 e. The maximum atomic E-state index is 13.1. The molecule has 33 heavy (non-hydrogen) atoms. The van der Waals surface area contributed by atoms with E-state index >= 15 is 0 Å². The molecule has 2 N–H and O–H groups in total. The molecule has 1 saturated heterocycles. The van der Waals surface area contributed by atoms with E-state index in [0.717, 1.165) is 0 Å². The summed E-state index contributed by atoms with van der Waals surface area (Å²) >= 11 is 0. The molecule has 4 heterocycles. The Kier molecular flexibility index (Phi) is 5.78. The third kappa shape index (κ3) is 4.96. The first-order chi connectivity index (χ1) is 15.6. The maximum absolute atomic E-state index is 13.1. The van der Waals surface area contributed by atoms with Crippen LogP contribution in [0.15, 0.2) is 30.5 Å². The minimum atomic E-state index is -4.57. The number of carbonyl (C=O) groups is 3. The van der Waals surface area contributed by atoms with Gasteiger partial charge in [0.1, 0.15) is 12.2 Å². The van der Waals surface area contributed by atoms with Gasteiger partial charge < -0.3 is 20.3 Å². The highest BCUT2D eigenvalue weighted by Crippen LogP contribution is 2.39. The monoisotopic (exact) mass is 464 g/mol. The van der Waals surface area contributed by atoms with Crippen molar-refractivity contribution in [3.05, 3.63) is 36.2 Å². The number of fused-ring (bicyclic) bond motifs is 4. The number of halogens is 3. The van der Waals surface area contributed by atoms with Gasteiger partial charge in [-0.1, -0.05) is 0 Å². The molecule has 2 aliphatic heterocycles. The maximum Gasteiger partial charge on any atom is 0.422 e. The highest BCUT2D eigenvalue weighted by molar-refractivity contribution is 5.98. The Balaban J connectivity index is 1.59. The quantitative estimate of drug-likeness (QED) is 0.713. The van der Waals surface area contributed by atoms with E-state index in [1.54, 1.807) is 11.4 Å². The fourth-order valence-corrected chi connectivity index (χ4v) is 3.73. The first-order valence-corrected chi connectivity index (χ1v) is 9.96. The number of alkyl halides is 3. The number of carbonyl (C=O) groups excluding carboxylic acids is 3. The molecule has 10 nitrogen and oxygen atoms in total. The average Bonchev–Trinajstić information content (AvgIpc) is 3.15. The molecule has 0 aliphatic carbocycles. The zero-order valence-corrected chi connectivity index (χ0v) is 17.3. The third-order valence-corrected chi connectivity index (χ3v) is 5.08. The Morgan fingerprint density at radius 2 is 2.03 bits per heavy atom. The van der Waals surface area contributed by atoms with Gasteiger partial charge in [0.15, 0.2) is 5.82 Å². The van der Waals surface area contributed by atoms with E-state index in [1.165, 1.54) is 36.2 Å². The van der Waals surface area contributed by atoms with Crippen molar-refractivity contribution in [1.29, 1.82) is 0 Å². The van der Waals surface area contributed by atoms with Crippen molar-refractivity contribution in [2.75, 3.05) is 34.8 Å². The Morgan fingerprint density at radius 1 is 1.24 bits per heavy atom. The Labute approximate surface area is 185 Å². The molecular weight excluding hydrogens is 445 g/mol. The van der Waals surface area contributed by atoms with Crippen LogP contribution in [0.1, 0.15) is 23.8 Å². The molecule has 0 radical (unpaired) electrons. The van der Waals surface area contributed by atoms with Crippen LogP contribution < -0.4 is 25.2 Å². The van der Waals surface area contributed by atoms with Crippen LogP contribution in [0.5, 0.6) is 5.88 Å². The van der Waals surface area contributed by atoms with Crippen molar-refractivity contribution in [1.82, 2.24) is 15.3 Å². The number of rotatable bonds is 4. The molecule has 3 amide bonds. The molecule has 4 rings (SSSR count). The van der Waals surface area contributed by atoms with Gasteiger partial charge in [-0.3, -0.25) is 14.5 Å². The average molecular weight is 464 g/mol. The lowest BCUT2D eigenvalue weighted by molar-refractivity contribution is -0.123. The van der Waals surface area contributed by atoms with Gasteiger partial charge >= 0.3 is 12.3 Å². The number of hydrogen-bond acceptors (Lipinski definition) is 7. The van der Waals surface area contributed by atoms with E-state index < -0.39 is 24.7 Å². The molecule has 13 heteroatoms. The molecule has 1 fully saturated rings. The predicted octanol–water partition coefficient (Wildman–Crippen LogP) is 2.32. The zero-order valence-electron chi connectivity index (χ0n) is 17.3. The van der Waals surface area contributed by atoms with Crippen LogP contribution in [-0.2, 0) is 4.79 Å². The second kappa shape index (κ2) is 8.56. The van der Waals surface area contributed by atoms with Gasteiger partial charge in [-0.2, -0.15) is 13.2 Å². The van der Waals surface area contributed by atoms with E-state index in [0.29, 0.717) is 30.9 Å². The van der Waals surface area contributed by atoms with Gasteiger partial charge in [-0.05, 0) is 24.6 Å². The molecule has 2 aromatic rings. The molecule has 0 saturated carbocycles. The van der Waals surface area contributed by atoms with Gasteiger partial charge in [-0.25, -0.2) is 14.8 Å². The Morgan fingerprint density at radius 3 is 2.76 bits per heavy atom. The van der Waals surface area contributed by atoms with Crippen LogP contribution in [-0.4, -0.2) is 59.7 Å². The topological polar surface area (TPSA) is 117 Å². The van der Waals surface area contributed by atoms with Crippen molar-refractivity contribution in [3.63, 3.8) is 0 Å². The summed E-state index contributed by atoms with van der Waals surface area (Å²) in [6.45, 7) is 0.986. The number of ether oxygens (including phenoxy) is 1. The SMILES string of the molecule is CC(=O)Nc1ccnc(OC(=O)N2c3nc(C(=O)NCC(F)(F)F)ccc3N3CC[C@H]2C3)c1. The molecule has 1 atom stereocenters. The van der Waals surface area contributed by atoms with Crippen LogP contribution in [0.3, 0.4) is 0 Å². The molecule has 2 aliphatic rings. The van der Waals surface area contributed by atoms with Gasteiger partial charge in [-0.15, -0.1) is 0 Å². The largest absolute Gasteiger partial charge is 0.422 e. The third-order valence-electron chi connectivity index (χ3n) is 5.08. The van der Waals surface area contributed by atoms with Crippen LogP contribution in [0, 0.1) is 0 Å². The summed E-state index contributed by atoms with van der Waals surface area (Å²) < 4.78 is 42.7. The van der Waals surface area contributed by atoms with Crippen molar-refractivity contribution < 1.29 is 32.3 Å². The number of aromatic nitrogens is 2. The summed E-state index contributed by atoms with van der Waals surface area (Å²) in [5.74, 6) is -1.27. The van der Waals surface area contributed by atoms with E-state index in [-0.39, 0.29) is 29.3 Å². The minimum absolute atomic E-state index is 0.0627. The van der Waals surface area contributed by atoms with Gasteiger partial charge in [0.25, 0.3) is 5.91 Å². The van der Waals surface area contributed by atoms with Crippen LogP contribution in [0.25, 0.3) is 0 Å². The molecule has 174 valence electrons. The summed E-state index contributed by atoms with van der Waals surface area (Å²) in [6, 6.07) is 5.45. The molecule has 2 bridgehead atoms. The summed E-state index contributed by atoms with van der Waals surface area (Å²) in [7, 11) is 0. The smallest absolute Gasteiger partial charge is 0.391 e. The molecule has 2 aromatic heterocycles. The Hall–Kier alpha value is -3.90. The number of pyridine rings is 2. The van der Waals surface area contributed by atoms with E-state index in [2.05, 4.69) is 15.3 Å². The normalized spacial score (nSPS) is 16.8. The Bertz CT molecular complexity index is 1110. The predicted molar refractivity (Wildman–Crippen MR) is 110 cm³/mol. The standard InChI is InChI=1S/C20H19F3N6O4/c1-11(30)26-12-4-6-24-16(8-12)33-19(32)29-13-5-7-28(9-13)15-3-2-14(27-17(15)29)18(31)25-10-20(21,22)23/h2-4,6,8,13H,5,7,9-10H2,1H3,(H,25,31)(H,24,26,30)/t13-/m0/s1. The number of nitrogens with one attached hydrogen (secondary N) is 2.